The van der Waals surface area contributed by atoms with Gasteiger partial charge in [-0.05, 0) is 31.7 Å². The molecule has 2 nitrogen and oxygen atoms in total. The number of nitrogens with one attached hydrogen (secondary N) is 1. The molecule has 0 radical (unpaired) electrons. The molecule has 0 atom stereocenters. The van der Waals surface area contributed by atoms with Crippen LogP contribution in [0.2, 0.25) is 0 Å². The highest BCUT2D eigenvalue weighted by atomic mass is 32.2. The smallest absolute Gasteiger partial charge is 0.0481 e. The second kappa shape index (κ2) is 4.38. The lowest BCUT2D eigenvalue weighted by Crippen LogP contribution is -2.12. The molecule has 12 heavy (non-hydrogen) atoms. The van der Waals surface area contributed by atoms with Crippen molar-refractivity contribution in [3.63, 3.8) is 0 Å². The van der Waals surface area contributed by atoms with Crippen molar-refractivity contribution >= 4 is 17.8 Å². The van der Waals surface area contributed by atoms with Crippen molar-refractivity contribution in [3.8, 4) is 0 Å². The maximum absolute atomic E-state index is 3.03. The number of nitrogens with zero attached hydrogens (tertiary/aromatic N) is 1. The van der Waals surface area contributed by atoms with Crippen molar-refractivity contribution in [1.29, 1.82) is 0 Å². The van der Waals surface area contributed by atoms with E-state index in [0.29, 0.717) is 0 Å². The summed E-state index contributed by atoms with van der Waals surface area (Å²) in [5.74, 6) is 0. The van der Waals surface area contributed by atoms with E-state index in [2.05, 4.69) is 40.2 Å². The first-order valence-electron chi connectivity index (χ1n) is 3.88. The maximum Gasteiger partial charge on any atom is 0.0481 e. The molecule has 0 fully saturated rings. The van der Waals surface area contributed by atoms with Crippen molar-refractivity contribution in [2.75, 3.05) is 18.4 Å². The molecule has 0 aromatic heterocycles. The van der Waals surface area contributed by atoms with Crippen molar-refractivity contribution in [2.45, 2.75) is 6.92 Å². The third kappa shape index (κ3) is 2.43. The monoisotopic (exact) mass is 182 g/mol. The molecular weight excluding hydrogens is 168 g/mol. The van der Waals surface area contributed by atoms with Crippen LogP contribution in [0, 0.1) is 6.92 Å². The van der Waals surface area contributed by atoms with Gasteiger partial charge in [-0.2, -0.15) is 0 Å². The Hall–Kier alpha value is -0.670. The molecule has 3 heteroatoms. The Labute approximate surface area is 78.2 Å². The third-order valence-corrected chi connectivity index (χ3v) is 2.26. The first kappa shape index (κ1) is 9.42. The Morgan fingerprint density at radius 1 is 1.42 bits per heavy atom. The second-order valence-corrected chi connectivity index (χ2v) is 3.77. The van der Waals surface area contributed by atoms with Crippen LogP contribution in [0.1, 0.15) is 5.56 Å². The van der Waals surface area contributed by atoms with Crippen LogP contribution in [0.3, 0.4) is 0 Å². The Balaban J connectivity index is 2.73. The van der Waals surface area contributed by atoms with Gasteiger partial charge in [0.15, 0.2) is 0 Å². The summed E-state index contributed by atoms with van der Waals surface area (Å²) in [7, 11) is 3.95. The van der Waals surface area contributed by atoms with E-state index >= 15 is 0 Å². The minimum absolute atomic E-state index is 1.22. The van der Waals surface area contributed by atoms with Crippen LogP contribution in [0.25, 0.3) is 0 Å². The zero-order chi connectivity index (χ0) is 8.97. The summed E-state index contributed by atoms with van der Waals surface area (Å²) in [6.45, 7) is 2.10. The van der Waals surface area contributed by atoms with E-state index in [1.165, 1.54) is 11.3 Å². The molecule has 0 saturated carbocycles. The fourth-order valence-corrected chi connectivity index (χ4v) is 1.51. The molecule has 0 saturated heterocycles. The predicted octanol–water partition coefficient (Wildman–Crippen LogP) is 2.21. The van der Waals surface area contributed by atoms with Gasteiger partial charge in [-0.3, -0.25) is 0 Å². The van der Waals surface area contributed by atoms with Gasteiger partial charge in [0, 0.05) is 24.9 Å². The fourth-order valence-electron chi connectivity index (χ4n) is 1.01. The Bertz CT molecular complexity index is 250. The van der Waals surface area contributed by atoms with Crippen LogP contribution in [-0.4, -0.2) is 14.1 Å². The van der Waals surface area contributed by atoms with Crippen molar-refractivity contribution in [1.82, 2.24) is 4.72 Å². The lowest BCUT2D eigenvalue weighted by atomic mass is 10.2. The van der Waals surface area contributed by atoms with Gasteiger partial charge in [0.05, 0.1) is 0 Å². The van der Waals surface area contributed by atoms with E-state index in [4.69, 9.17) is 0 Å². The topological polar surface area (TPSA) is 15.3 Å². The fraction of sp³-hybridized carbons (Fsp3) is 0.333. The van der Waals surface area contributed by atoms with Gasteiger partial charge in [-0.15, -0.1) is 0 Å². The van der Waals surface area contributed by atoms with E-state index in [0.717, 1.165) is 0 Å². The van der Waals surface area contributed by atoms with E-state index in [9.17, 15) is 0 Å². The molecular formula is C9H14N2S. The molecule has 1 rings (SSSR count). The van der Waals surface area contributed by atoms with Crippen molar-refractivity contribution in [2.24, 2.45) is 0 Å². The number of anilines is 1. The van der Waals surface area contributed by atoms with Gasteiger partial charge in [0.2, 0.25) is 0 Å². The van der Waals surface area contributed by atoms with Crippen LogP contribution in [0.5, 0.6) is 0 Å². The minimum Gasteiger partial charge on any atom is -0.306 e. The van der Waals surface area contributed by atoms with Crippen LogP contribution in [0.4, 0.5) is 5.69 Å². The predicted molar refractivity (Wildman–Crippen MR) is 56.2 cm³/mol. The lowest BCUT2D eigenvalue weighted by Gasteiger charge is -2.16. The summed E-state index contributed by atoms with van der Waals surface area (Å²) < 4.78 is 5.12. The Kier molecular flexibility index (Phi) is 3.44. The molecule has 0 aliphatic carbocycles. The van der Waals surface area contributed by atoms with Gasteiger partial charge < -0.3 is 4.31 Å². The number of rotatable bonds is 3. The van der Waals surface area contributed by atoms with Crippen LogP contribution in [-0.2, 0) is 0 Å². The quantitative estimate of drug-likeness (QED) is 0.722. The molecule has 66 valence electrons. The first-order chi connectivity index (χ1) is 5.74. The largest absolute Gasteiger partial charge is 0.306 e. The third-order valence-electron chi connectivity index (χ3n) is 1.59. The zero-order valence-corrected chi connectivity index (χ0v) is 8.48. The summed E-state index contributed by atoms with van der Waals surface area (Å²) >= 11 is 1.58. The number of benzene rings is 1. The van der Waals surface area contributed by atoms with E-state index < -0.39 is 0 Å². The number of hydrogen-bond acceptors (Lipinski definition) is 3. The standard InChI is InChI=1S/C9H14N2S/c1-8-5-4-6-9(7-8)11(3)12-10-2/h4-7,10H,1-3H3. The molecule has 1 aromatic carbocycles. The summed E-state index contributed by atoms with van der Waals surface area (Å²) in [5.41, 5.74) is 2.51. The Morgan fingerprint density at radius 3 is 2.75 bits per heavy atom. The SMILES string of the molecule is CNSN(C)c1cccc(C)c1. The highest BCUT2D eigenvalue weighted by molar-refractivity contribution is 7.98. The summed E-state index contributed by atoms with van der Waals surface area (Å²) in [5, 5.41) is 0. The molecule has 0 unspecified atom stereocenters. The zero-order valence-electron chi connectivity index (χ0n) is 7.66. The summed E-state index contributed by atoms with van der Waals surface area (Å²) in [6.07, 6.45) is 0. The van der Waals surface area contributed by atoms with E-state index in [-0.39, 0.29) is 0 Å². The number of hydrogen-bond donors (Lipinski definition) is 1. The molecule has 0 spiro atoms. The average Bonchev–Trinajstić information content (AvgIpc) is 2.05. The van der Waals surface area contributed by atoms with Crippen LogP contribution < -0.4 is 9.03 Å². The first-order valence-corrected chi connectivity index (χ1v) is 4.65. The van der Waals surface area contributed by atoms with E-state index in [1.807, 2.05) is 14.1 Å². The highest BCUT2D eigenvalue weighted by Gasteiger charge is 1.98. The molecule has 0 heterocycles. The normalized spacial score (nSPS) is 9.92. The van der Waals surface area contributed by atoms with Gasteiger partial charge in [0.25, 0.3) is 0 Å². The van der Waals surface area contributed by atoms with Crippen molar-refractivity contribution < 1.29 is 0 Å². The summed E-state index contributed by atoms with van der Waals surface area (Å²) in [6, 6.07) is 8.42. The molecule has 0 bridgehead atoms. The van der Waals surface area contributed by atoms with Gasteiger partial charge >= 0.3 is 0 Å². The van der Waals surface area contributed by atoms with E-state index in [1.54, 1.807) is 12.1 Å². The summed E-state index contributed by atoms with van der Waals surface area (Å²) in [4.78, 5) is 0. The number of aryl methyl sites for hydroxylation is 1. The van der Waals surface area contributed by atoms with Gasteiger partial charge in [-0.25, -0.2) is 4.72 Å². The van der Waals surface area contributed by atoms with Gasteiger partial charge in [-0.1, -0.05) is 12.1 Å². The average molecular weight is 182 g/mol. The van der Waals surface area contributed by atoms with Gasteiger partial charge in [0.1, 0.15) is 0 Å². The minimum atomic E-state index is 1.22. The highest BCUT2D eigenvalue weighted by Crippen LogP contribution is 2.18. The molecule has 0 aliphatic rings. The van der Waals surface area contributed by atoms with Crippen LogP contribution in [0.15, 0.2) is 24.3 Å². The Morgan fingerprint density at radius 2 is 2.17 bits per heavy atom. The molecule has 0 amide bonds. The van der Waals surface area contributed by atoms with Crippen LogP contribution >= 0.6 is 12.1 Å². The molecule has 1 N–H and O–H groups in total. The lowest BCUT2D eigenvalue weighted by molar-refractivity contribution is 1.25. The second-order valence-electron chi connectivity index (χ2n) is 2.63. The molecule has 1 aromatic rings. The maximum atomic E-state index is 3.03. The molecule has 0 aliphatic heterocycles. The van der Waals surface area contributed by atoms with Crippen molar-refractivity contribution in [3.05, 3.63) is 29.8 Å².